The van der Waals surface area contributed by atoms with Gasteiger partial charge in [0, 0.05) is 17.0 Å². The SMILES string of the molecule is O=C1O[C@@H]2C=CC=C[C@@H]2C(=O)[C@@H]1Sc1ccc([N+](=O)[O-])cc1. The lowest BCUT2D eigenvalue weighted by molar-refractivity contribution is -0.384. The number of nitro groups is 1. The van der Waals surface area contributed by atoms with Gasteiger partial charge >= 0.3 is 5.97 Å². The number of Topliss-reactive ketones (excluding diaryl/α,β-unsaturated/α-hetero) is 1. The van der Waals surface area contributed by atoms with E-state index in [0.29, 0.717) is 4.90 Å². The number of allylic oxidation sites excluding steroid dienone is 2. The molecule has 1 aliphatic heterocycles. The highest BCUT2D eigenvalue weighted by Gasteiger charge is 2.44. The molecule has 0 bridgehead atoms. The van der Waals surface area contributed by atoms with Gasteiger partial charge in [0.25, 0.3) is 5.69 Å². The van der Waals surface area contributed by atoms with Gasteiger partial charge in [-0.3, -0.25) is 19.7 Å². The van der Waals surface area contributed by atoms with Crippen molar-refractivity contribution in [1.82, 2.24) is 0 Å². The first kappa shape index (κ1) is 14.5. The molecule has 1 fully saturated rings. The van der Waals surface area contributed by atoms with Crippen LogP contribution in [0.4, 0.5) is 5.69 Å². The molecule has 1 saturated heterocycles. The summed E-state index contributed by atoms with van der Waals surface area (Å²) in [4.78, 5) is 35.2. The fourth-order valence-electron chi connectivity index (χ4n) is 2.33. The Morgan fingerprint density at radius 3 is 2.45 bits per heavy atom. The number of ketones is 1. The van der Waals surface area contributed by atoms with Crippen molar-refractivity contribution in [3.8, 4) is 0 Å². The van der Waals surface area contributed by atoms with Crippen LogP contribution in [0.5, 0.6) is 0 Å². The van der Waals surface area contributed by atoms with E-state index < -0.39 is 28.2 Å². The third-order valence-corrected chi connectivity index (χ3v) is 4.64. The van der Waals surface area contributed by atoms with E-state index >= 15 is 0 Å². The van der Waals surface area contributed by atoms with Crippen molar-refractivity contribution in [1.29, 1.82) is 0 Å². The van der Waals surface area contributed by atoms with Crippen LogP contribution in [0.25, 0.3) is 0 Å². The lowest BCUT2D eigenvalue weighted by Crippen LogP contribution is -2.46. The van der Waals surface area contributed by atoms with Crippen LogP contribution < -0.4 is 0 Å². The number of nitro benzene ring substituents is 1. The third-order valence-electron chi connectivity index (χ3n) is 3.44. The molecule has 3 rings (SSSR count). The van der Waals surface area contributed by atoms with Gasteiger partial charge in [-0.25, -0.2) is 0 Å². The molecule has 0 amide bonds. The smallest absolute Gasteiger partial charge is 0.327 e. The highest BCUT2D eigenvalue weighted by molar-refractivity contribution is 8.01. The van der Waals surface area contributed by atoms with Crippen molar-refractivity contribution in [3.05, 3.63) is 58.7 Å². The molecule has 6 nitrogen and oxygen atoms in total. The Labute approximate surface area is 130 Å². The Bertz CT molecular complexity index is 694. The Balaban J connectivity index is 1.78. The summed E-state index contributed by atoms with van der Waals surface area (Å²) in [5.41, 5.74) is -0.0395. The van der Waals surface area contributed by atoms with Crippen LogP contribution in [-0.4, -0.2) is 28.0 Å². The first-order valence-electron chi connectivity index (χ1n) is 6.56. The molecule has 7 heteroatoms. The van der Waals surface area contributed by atoms with E-state index in [4.69, 9.17) is 4.74 Å². The molecule has 3 atom stereocenters. The first-order valence-corrected chi connectivity index (χ1v) is 7.44. The predicted octanol–water partition coefficient (Wildman–Crippen LogP) is 2.29. The number of carbonyl (C=O) groups is 2. The summed E-state index contributed by atoms with van der Waals surface area (Å²) < 4.78 is 5.28. The zero-order chi connectivity index (χ0) is 15.7. The van der Waals surface area contributed by atoms with Gasteiger partial charge in [-0.2, -0.15) is 0 Å². The molecular formula is C15H11NO5S. The number of nitrogens with zero attached hydrogens (tertiary/aromatic N) is 1. The Kier molecular flexibility index (Phi) is 3.81. The third kappa shape index (κ3) is 2.67. The topological polar surface area (TPSA) is 86.5 Å². The second-order valence-electron chi connectivity index (χ2n) is 4.85. The number of carbonyl (C=O) groups excluding carboxylic acids is 2. The summed E-state index contributed by atoms with van der Waals surface area (Å²) in [5.74, 6) is -1.24. The molecule has 1 aromatic rings. The Morgan fingerprint density at radius 2 is 1.77 bits per heavy atom. The van der Waals surface area contributed by atoms with Crippen LogP contribution in [0, 0.1) is 16.0 Å². The van der Waals surface area contributed by atoms with Crippen molar-refractivity contribution in [2.75, 3.05) is 0 Å². The number of rotatable bonds is 3. The Hall–Kier alpha value is -2.41. The molecule has 0 saturated carbocycles. The number of ether oxygens (including phenoxy) is 1. The summed E-state index contributed by atoms with van der Waals surface area (Å²) in [6, 6.07) is 5.72. The molecule has 0 aromatic heterocycles. The Morgan fingerprint density at radius 1 is 1.09 bits per heavy atom. The lowest BCUT2D eigenvalue weighted by atomic mass is 9.89. The number of thioether (sulfide) groups is 1. The van der Waals surface area contributed by atoms with Crippen LogP contribution in [0.1, 0.15) is 0 Å². The lowest BCUT2D eigenvalue weighted by Gasteiger charge is -2.31. The summed E-state index contributed by atoms with van der Waals surface area (Å²) in [5, 5.41) is 9.67. The van der Waals surface area contributed by atoms with Gasteiger partial charge in [0.05, 0.1) is 10.8 Å². The van der Waals surface area contributed by atoms with Crippen LogP contribution >= 0.6 is 11.8 Å². The van der Waals surface area contributed by atoms with E-state index in [1.165, 1.54) is 24.3 Å². The molecule has 0 unspecified atom stereocenters. The van der Waals surface area contributed by atoms with Crippen molar-refractivity contribution >= 4 is 29.2 Å². The zero-order valence-electron chi connectivity index (χ0n) is 11.2. The number of fused-ring (bicyclic) bond motifs is 1. The average molecular weight is 317 g/mol. The number of benzene rings is 1. The van der Waals surface area contributed by atoms with Crippen LogP contribution in [0.3, 0.4) is 0 Å². The fourth-order valence-corrected chi connectivity index (χ4v) is 3.32. The van der Waals surface area contributed by atoms with Gasteiger partial charge in [-0.05, 0) is 18.2 Å². The highest BCUT2D eigenvalue weighted by atomic mass is 32.2. The summed E-state index contributed by atoms with van der Waals surface area (Å²) in [7, 11) is 0. The summed E-state index contributed by atoms with van der Waals surface area (Å²) in [6.45, 7) is 0. The van der Waals surface area contributed by atoms with Crippen molar-refractivity contribution in [2.24, 2.45) is 5.92 Å². The van der Waals surface area contributed by atoms with Gasteiger partial charge < -0.3 is 4.74 Å². The molecule has 1 heterocycles. The molecular weight excluding hydrogens is 306 g/mol. The highest BCUT2D eigenvalue weighted by Crippen LogP contribution is 2.34. The molecule has 0 spiro atoms. The largest absolute Gasteiger partial charge is 0.456 e. The standard InChI is InChI=1S/C15H11NO5S/c17-13-11-3-1-2-4-12(11)21-15(18)14(13)22-10-7-5-9(6-8-10)16(19)20/h1-8,11-12,14H/t11-,12+,14-/m0/s1. The quantitative estimate of drug-likeness (QED) is 0.368. The van der Waals surface area contributed by atoms with Crippen molar-refractivity contribution in [2.45, 2.75) is 16.2 Å². The second kappa shape index (κ2) is 5.76. The average Bonchev–Trinajstić information content (AvgIpc) is 2.52. The van der Waals surface area contributed by atoms with Gasteiger partial charge in [0.2, 0.25) is 0 Å². The van der Waals surface area contributed by atoms with Crippen LogP contribution in [0.15, 0.2) is 53.5 Å². The number of non-ortho nitro benzene ring substituents is 1. The molecule has 2 aliphatic rings. The van der Waals surface area contributed by atoms with Gasteiger partial charge in [0.15, 0.2) is 11.0 Å². The molecule has 0 radical (unpaired) electrons. The van der Waals surface area contributed by atoms with E-state index in [-0.39, 0.29) is 11.5 Å². The van der Waals surface area contributed by atoms with Gasteiger partial charge in [-0.1, -0.05) is 18.2 Å². The van der Waals surface area contributed by atoms with Crippen molar-refractivity contribution in [3.63, 3.8) is 0 Å². The van der Waals surface area contributed by atoms with E-state index in [9.17, 15) is 19.7 Å². The van der Waals surface area contributed by atoms with Gasteiger partial charge in [-0.15, -0.1) is 11.8 Å². The molecule has 112 valence electrons. The number of hydrogen-bond acceptors (Lipinski definition) is 6. The second-order valence-corrected chi connectivity index (χ2v) is 6.03. The maximum atomic E-state index is 12.4. The predicted molar refractivity (Wildman–Crippen MR) is 79.4 cm³/mol. The molecule has 0 N–H and O–H groups in total. The van der Waals surface area contributed by atoms with E-state index in [1.54, 1.807) is 24.3 Å². The molecule has 1 aromatic carbocycles. The van der Waals surface area contributed by atoms with Crippen LogP contribution in [0.2, 0.25) is 0 Å². The summed E-state index contributed by atoms with van der Waals surface area (Å²) >= 11 is 1.05. The molecule has 1 aliphatic carbocycles. The maximum Gasteiger partial charge on any atom is 0.327 e. The number of esters is 1. The summed E-state index contributed by atoms with van der Waals surface area (Å²) in [6.07, 6.45) is 6.38. The van der Waals surface area contributed by atoms with E-state index in [0.717, 1.165) is 11.8 Å². The molecule has 22 heavy (non-hydrogen) atoms. The van der Waals surface area contributed by atoms with Gasteiger partial charge in [0.1, 0.15) is 6.10 Å². The number of hydrogen-bond donors (Lipinski definition) is 0. The normalized spacial score (nSPS) is 26.5. The van der Waals surface area contributed by atoms with E-state index in [1.807, 2.05) is 0 Å². The first-order chi connectivity index (χ1) is 10.6. The minimum atomic E-state index is -0.946. The van der Waals surface area contributed by atoms with Crippen LogP contribution in [-0.2, 0) is 14.3 Å². The minimum Gasteiger partial charge on any atom is -0.456 e. The zero-order valence-corrected chi connectivity index (χ0v) is 12.1. The maximum absolute atomic E-state index is 12.4. The van der Waals surface area contributed by atoms with Crippen molar-refractivity contribution < 1.29 is 19.2 Å². The van der Waals surface area contributed by atoms with E-state index in [2.05, 4.69) is 0 Å². The fraction of sp³-hybridized carbons (Fsp3) is 0.200. The monoisotopic (exact) mass is 317 g/mol. The minimum absolute atomic E-state index is 0.0395.